The van der Waals surface area contributed by atoms with Crippen molar-refractivity contribution in [3.05, 3.63) is 35.1 Å². The summed E-state index contributed by atoms with van der Waals surface area (Å²) in [6.45, 7) is 4.65. The molecule has 0 amide bonds. The molecule has 2 heterocycles. The van der Waals surface area contributed by atoms with Gasteiger partial charge in [0.15, 0.2) is 5.96 Å². The lowest BCUT2D eigenvalue weighted by Gasteiger charge is -2.37. The summed E-state index contributed by atoms with van der Waals surface area (Å²) in [6, 6.07) is 2.68. The molecule has 0 saturated carbocycles. The lowest BCUT2D eigenvalue weighted by molar-refractivity contribution is -0.138. The molecule has 2 aliphatic heterocycles. The predicted molar refractivity (Wildman–Crippen MR) is 96.5 cm³/mol. The summed E-state index contributed by atoms with van der Waals surface area (Å²) < 4.78 is 64.4. The van der Waals surface area contributed by atoms with Gasteiger partial charge >= 0.3 is 6.18 Å². The van der Waals surface area contributed by atoms with E-state index in [-0.39, 0.29) is 24.3 Å². The van der Waals surface area contributed by atoms with Crippen molar-refractivity contribution >= 4 is 5.96 Å². The van der Waals surface area contributed by atoms with Gasteiger partial charge in [-0.05, 0) is 37.5 Å². The molecule has 0 spiro atoms. The summed E-state index contributed by atoms with van der Waals surface area (Å²) in [5.74, 6) is -0.397. The Morgan fingerprint density at radius 1 is 1.25 bits per heavy atom. The fourth-order valence-electron chi connectivity index (χ4n) is 3.52. The van der Waals surface area contributed by atoms with Gasteiger partial charge in [-0.25, -0.2) is 9.38 Å². The number of ether oxygens (including phenoxy) is 2. The molecular formula is C19H25F4N3O2. The van der Waals surface area contributed by atoms with E-state index in [2.05, 4.69) is 10.3 Å². The van der Waals surface area contributed by atoms with Gasteiger partial charge in [-0.3, -0.25) is 0 Å². The highest BCUT2D eigenvalue weighted by molar-refractivity contribution is 5.80. The molecule has 0 bridgehead atoms. The summed E-state index contributed by atoms with van der Waals surface area (Å²) in [5, 5.41) is 3.13. The van der Waals surface area contributed by atoms with E-state index in [4.69, 9.17) is 9.47 Å². The van der Waals surface area contributed by atoms with Gasteiger partial charge in [-0.2, -0.15) is 13.2 Å². The van der Waals surface area contributed by atoms with Crippen LogP contribution < -0.4 is 5.32 Å². The summed E-state index contributed by atoms with van der Waals surface area (Å²) >= 11 is 0. The van der Waals surface area contributed by atoms with Crippen LogP contribution in [0.3, 0.4) is 0 Å². The predicted octanol–water partition coefficient (Wildman–Crippen LogP) is 3.19. The third kappa shape index (κ3) is 5.14. The Morgan fingerprint density at radius 2 is 2.04 bits per heavy atom. The minimum Gasteiger partial charge on any atom is -0.375 e. The van der Waals surface area contributed by atoms with Gasteiger partial charge in [0.2, 0.25) is 0 Å². The Balaban J connectivity index is 1.76. The summed E-state index contributed by atoms with van der Waals surface area (Å²) in [4.78, 5) is 6.37. The van der Waals surface area contributed by atoms with Crippen molar-refractivity contribution in [3.8, 4) is 0 Å². The number of morpholine rings is 1. The first-order valence-electron chi connectivity index (χ1n) is 9.50. The Kier molecular flexibility index (Phi) is 6.77. The van der Waals surface area contributed by atoms with E-state index in [0.717, 1.165) is 31.6 Å². The van der Waals surface area contributed by atoms with Crippen LogP contribution in [-0.4, -0.2) is 55.9 Å². The van der Waals surface area contributed by atoms with E-state index in [0.29, 0.717) is 38.3 Å². The molecule has 3 rings (SSSR count). The maximum absolute atomic E-state index is 13.3. The number of alkyl halides is 3. The maximum Gasteiger partial charge on any atom is 0.416 e. The molecule has 28 heavy (non-hydrogen) atoms. The molecular weight excluding hydrogens is 378 g/mol. The molecule has 2 saturated heterocycles. The highest BCUT2D eigenvalue weighted by atomic mass is 19.4. The Morgan fingerprint density at radius 3 is 2.71 bits per heavy atom. The van der Waals surface area contributed by atoms with Crippen LogP contribution in [0.5, 0.6) is 0 Å². The van der Waals surface area contributed by atoms with Gasteiger partial charge in [0.25, 0.3) is 0 Å². The number of guanidine groups is 1. The minimum absolute atomic E-state index is 0.0413. The number of hydrogen-bond acceptors (Lipinski definition) is 3. The van der Waals surface area contributed by atoms with Crippen molar-refractivity contribution in [2.75, 3.05) is 32.8 Å². The van der Waals surface area contributed by atoms with E-state index in [9.17, 15) is 17.6 Å². The van der Waals surface area contributed by atoms with Gasteiger partial charge < -0.3 is 19.7 Å². The topological polar surface area (TPSA) is 46.1 Å². The fraction of sp³-hybridized carbons (Fsp3) is 0.632. The molecule has 9 heteroatoms. The molecule has 2 aliphatic rings. The second-order valence-corrected chi connectivity index (χ2v) is 6.88. The number of aliphatic imine (C=N–C) groups is 1. The molecule has 1 aromatic rings. The largest absolute Gasteiger partial charge is 0.416 e. The van der Waals surface area contributed by atoms with Crippen molar-refractivity contribution in [1.82, 2.24) is 10.2 Å². The molecule has 1 N–H and O–H groups in total. The number of halogens is 4. The van der Waals surface area contributed by atoms with Crippen molar-refractivity contribution in [2.45, 2.75) is 44.7 Å². The normalized spacial score (nSPS) is 23.9. The van der Waals surface area contributed by atoms with E-state index >= 15 is 0 Å². The van der Waals surface area contributed by atoms with Gasteiger partial charge in [0, 0.05) is 26.2 Å². The molecule has 0 aromatic heterocycles. The van der Waals surface area contributed by atoms with Crippen molar-refractivity contribution in [1.29, 1.82) is 0 Å². The SMILES string of the molecule is CCNC(=NCc1ccc(F)cc1C(F)(F)F)N1CCOC(C2CCCO2)C1. The second kappa shape index (κ2) is 9.09. The van der Waals surface area contributed by atoms with Crippen LogP contribution >= 0.6 is 0 Å². The molecule has 1 aromatic carbocycles. The van der Waals surface area contributed by atoms with Crippen molar-refractivity contribution < 1.29 is 27.0 Å². The molecule has 2 unspecified atom stereocenters. The van der Waals surface area contributed by atoms with Crippen LogP contribution in [0.25, 0.3) is 0 Å². The third-order valence-corrected chi connectivity index (χ3v) is 4.88. The van der Waals surface area contributed by atoms with E-state index in [1.807, 2.05) is 11.8 Å². The quantitative estimate of drug-likeness (QED) is 0.477. The lowest BCUT2D eigenvalue weighted by atomic mass is 10.1. The van der Waals surface area contributed by atoms with Crippen molar-refractivity contribution in [2.24, 2.45) is 4.99 Å². The Labute approximate surface area is 161 Å². The van der Waals surface area contributed by atoms with Crippen molar-refractivity contribution in [3.63, 3.8) is 0 Å². The minimum atomic E-state index is -4.63. The smallest absolute Gasteiger partial charge is 0.375 e. The monoisotopic (exact) mass is 403 g/mol. The average Bonchev–Trinajstić information content (AvgIpc) is 3.20. The van der Waals surface area contributed by atoms with Gasteiger partial charge in [-0.15, -0.1) is 0 Å². The maximum atomic E-state index is 13.3. The lowest BCUT2D eigenvalue weighted by Crippen LogP contribution is -2.53. The van der Waals surface area contributed by atoms with Crippen LogP contribution in [0.2, 0.25) is 0 Å². The zero-order valence-corrected chi connectivity index (χ0v) is 15.8. The number of hydrogen-bond donors (Lipinski definition) is 1. The number of nitrogens with zero attached hydrogens (tertiary/aromatic N) is 2. The first kappa shape index (κ1) is 20.9. The summed E-state index contributed by atoms with van der Waals surface area (Å²) in [7, 11) is 0. The number of rotatable bonds is 4. The van der Waals surface area contributed by atoms with E-state index in [1.165, 1.54) is 0 Å². The summed E-state index contributed by atoms with van der Waals surface area (Å²) in [5.41, 5.74) is -1.06. The van der Waals surface area contributed by atoms with E-state index < -0.39 is 17.6 Å². The van der Waals surface area contributed by atoms with Gasteiger partial charge in [-0.1, -0.05) is 6.07 Å². The standard InChI is InChI=1S/C19H25F4N3O2/c1-2-24-18(26-7-9-28-17(12-26)16-4-3-8-27-16)25-11-13-5-6-14(20)10-15(13)19(21,22)23/h5-6,10,16-17H,2-4,7-9,11-12H2,1H3,(H,24,25). The molecule has 5 nitrogen and oxygen atoms in total. The molecule has 2 atom stereocenters. The van der Waals surface area contributed by atoms with Crippen LogP contribution in [0, 0.1) is 5.82 Å². The summed E-state index contributed by atoms with van der Waals surface area (Å²) in [6.07, 6.45) is -2.73. The highest BCUT2D eigenvalue weighted by Crippen LogP contribution is 2.33. The second-order valence-electron chi connectivity index (χ2n) is 6.88. The number of benzene rings is 1. The first-order valence-corrected chi connectivity index (χ1v) is 9.50. The van der Waals surface area contributed by atoms with Crippen LogP contribution in [0.4, 0.5) is 17.6 Å². The van der Waals surface area contributed by atoms with Crippen LogP contribution in [0.1, 0.15) is 30.9 Å². The molecule has 0 radical (unpaired) electrons. The average molecular weight is 403 g/mol. The Bertz CT molecular complexity index is 690. The third-order valence-electron chi connectivity index (χ3n) is 4.88. The Hall–Kier alpha value is -1.87. The van der Waals surface area contributed by atoms with Crippen LogP contribution in [0.15, 0.2) is 23.2 Å². The number of nitrogens with one attached hydrogen (secondary N) is 1. The van der Waals surface area contributed by atoms with E-state index in [1.54, 1.807) is 0 Å². The first-order chi connectivity index (χ1) is 13.4. The molecule has 2 fully saturated rings. The van der Waals surface area contributed by atoms with Gasteiger partial charge in [0.1, 0.15) is 11.9 Å². The highest BCUT2D eigenvalue weighted by Gasteiger charge is 2.34. The fourth-order valence-corrected chi connectivity index (χ4v) is 3.52. The molecule has 156 valence electrons. The molecule has 0 aliphatic carbocycles. The zero-order valence-electron chi connectivity index (χ0n) is 15.8. The zero-order chi connectivity index (χ0) is 20.1. The van der Waals surface area contributed by atoms with Gasteiger partial charge in [0.05, 0.1) is 24.8 Å². The van der Waals surface area contributed by atoms with Crippen LogP contribution in [-0.2, 0) is 22.2 Å².